The van der Waals surface area contributed by atoms with Gasteiger partial charge in [0.15, 0.2) is 5.50 Å². The Morgan fingerprint density at radius 1 is 1.33 bits per heavy atom. The molecule has 1 atom stereocenters. The van der Waals surface area contributed by atoms with E-state index in [1.807, 2.05) is 30.3 Å². The summed E-state index contributed by atoms with van der Waals surface area (Å²) < 4.78 is 0. The van der Waals surface area contributed by atoms with E-state index in [1.54, 1.807) is 12.2 Å². The highest BCUT2D eigenvalue weighted by molar-refractivity contribution is 6.21. The van der Waals surface area contributed by atoms with Crippen LogP contribution in [0, 0.1) is 4.91 Å². The molecule has 0 aromatic heterocycles. The van der Waals surface area contributed by atoms with Crippen LogP contribution in [0.15, 0.2) is 41.6 Å². The van der Waals surface area contributed by atoms with Crippen LogP contribution in [0.4, 0.5) is 0 Å². The molecular formula is C9H8ClNO. The summed E-state index contributed by atoms with van der Waals surface area (Å²) in [7, 11) is 0. The van der Waals surface area contributed by atoms with Crippen LogP contribution in [-0.2, 0) is 0 Å². The molecule has 0 radical (unpaired) electrons. The number of benzene rings is 1. The van der Waals surface area contributed by atoms with Gasteiger partial charge in [-0.2, -0.15) is 0 Å². The normalized spacial score (nSPS) is 13.1. The second kappa shape index (κ2) is 4.67. The van der Waals surface area contributed by atoms with Gasteiger partial charge in [0.05, 0.1) is 0 Å². The molecule has 0 amide bonds. The third-order valence-corrected chi connectivity index (χ3v) is 1.57. The zero-order chi connectivity index (χ0) is 8.81. The van der Waals surface area contributed by atoms with E-state index in [0.717, 1.165) is 5.56 Å². The summed E-state index contributed by atoms with van der Waals surface area (Å²) in [4.78, 5) is 9.89. The predicted octanol–water partition coefficient (Wildman–Crippen LogP) is 3.03. The van der Waals surface area contributed by atoms with E-state index < -0.39 is 5.50 Å². The number of halogens is 1. The highest BCUT2D eigenvalue weighted by Gasteiger charge is 1.93. The second-order valence-electron chi connectivity index (χ2n) is 2.25. The topological polar surface area (TPSA) is 29.4 Å². The van der Waals surface area contributed by atoms with E-state index in [4.69, 9.17) is 11.6 Å². The lowest BCUT2D eigenvalue weighted by Gasteiger charge is -1.91. The Kier molecular flexibility index (Phi) is 3.48. The Morgan fingerprint density at radius 3 is 2.58 bits per heavy atom. The monoisotopic (exact) mass is 181 g/mol. The lowest BCUT2D eigenvalue weighted by molar-refractivity contribution is 1.13. The molecule has 12 heavy (non-hydrogen) atoms. The van der Waals surface area contributed by atoms with Crippen LogP contribution in [0.1, 0.15) is 5.56 Å². The van der Waals surface area contributed by atoms with Gasteiger partial charge >= 0.3 is 0 Å². The van der Waals surface area contributed by atoms with Gasteiger partial charge in [-0.15, -0.1) is 4.91 Å². The summed E-state index contributed by atoms with van der Waals surface area (Å²) in [5.41, 5.74) is 0.233. The molecular weight excluding hydrogens is 174 g/mol. The van der Waals surface area contributed by atoms with Crippen molar-refractivity contribution in [1.29, 1.82) is 0 Å². The molecule has 0 aliphatic heterocycles. The highest BCUT2D eigenvalue weighted by atomic mass is 35.5. The van der Waals surface area contributed by atoms with E-state index in [-0.39, 0.29) is 0 Å². The van der Waals surface area contributed by atoms with Gasteiger partial charge in [0.2, 0.25) is 0 Å². The minimum atomic E-state index is -0.773. The fourth-order valence-corrected chi connectivity index (χ4v) is 0.863. The van der Waals surface area contributed by atoms with Crippen molar-refractivity contribution in [3.63, 3.8) is 0 Å². The summed E-state index contributed by atoms with van der Waals surface area (Å²) in [6.45, 7) is 0. The molecule has 1 unspecified atom stereocenters. The number of nitroso groups, excluding NO2 is 1. The van der Waals surface area contributed by atoms with Crippen LogP contribution in [0.5, 0.6) is 0 Å². The fraction of sp³-hybridized carbons (Fsp3) is 0.111. The average molecular weight is 182 g/mol. The molecule has 0 aliphatic carbocycles. The number of hydrogen-bond acceptors (Lipinski definition) is 2. The summed E-state index contributed by atoms with van der Waals surface area (Å²) in [6, 6.07) is 9.60. The van der Waals surface area contributed by atoms with E-state index in [1.165, 1.54) is 0 Å². The quantitative estimate of drug-likeness (QED) is 0.400. The van der Waals surface area contributed by atoms with Crippen LogP contribution in [0.3, 0.4) is 0 Å². The Bertz CT molecular complexity index is 271. The summed E-state index contributed by atoms with van der Waals surface area (Å²) in [5, 5.41) is 2.63. The van der Waals surface area contributed by atoms with Gasteiger partial charge in [0.25, 0.3) is 0 Å². The standard InChI is InChI=1S/C9H8ClNO/c10-9(11-12)7-6-8-4-2-1-3-5-8/h1-7,9H/b7-6+. The van der Waals surface area contributed by atoms with Gasteiger partial charge in [0, 0.05) is 0 Å². The number of nitrogens with zero attached hydrogens (tertiary/aromatic N) is 1. The SMILES string of the molecule is O=NC(Cl)/C=C/c1ccccc1. The maximum Gasteiger partial charge on any atom is 0.183 e. The summed E-state index contributed by atoms with van der Waals surface area (Å²) in [6.07, 6.45) is 3.31. The van der Waals surface area contributed by atoms with Crippen LogP contribution >= 0.6 is 11.6 Å². The maximum atomic E-state index is 9.89. The molecule has 0 spiro atoms. The Labute approximate surface area is 75.8 Å². The zero-order valence-corrected chi connectivity index (χ0v) is 7.11. The number of hydrogen-bond donors (Lipinski definition) is 0. The summed E-state index contributed by atoms with van der Waals surface area (Å²) in [5.74, 6) is 0. The average Bonchev–Trinajstić information content (AvgIpc) is 2.16. The molecule has 0 heterocycles. The van der Waals surface area contributed by atoms with Crippen molar-refractivity contribution in [1.82, 2.24) is 0 Å². The first-order valence-corrected chi connectivity index (χ1v) is 3.96. The van der Waals surface area contributed by atoms with Crippen molar-refractivity contribution in [2.24, 2.45) is 5.18 Å². The minimum Gasteiger partial charge on any atom is -0.149 e. The van der Waals surface area contributed by atoms with Gasteiger partial charge in [-0.3, -0.25) is 0 Å². The van der Waals surface area contributed by atoms with Crippen molar-refractivity contribution in [2.75, 3.05) is 0 Å². The van der Waals surface area contributed by atoms with Crippen molar-refractivity contribution < 1.29 is 0 Å². The smallest absolute Gasteiger partial charge is 0.149 e. The van der Waals surface area contributed by atoms with Crippen LogP contribution < -0.4 is 0 Å². The van der Waals surface area contributed by atoms with Gasteiger partial charge in [-0.1, -0.05) is 48.0 Å². The molecule has 0 bridgehead atoms. The Balaban J connectivity index is 2.63. The third-order valence-electron chi connectivity index (χ3n) is 1.35. The second-order valence-corrected chi connectivity index (χ2v) is 2.70. The van der Waals surface area contributed by atoms with Crippen LogP contribution in [0.25, 0.3) is 6.08 Å². The third kappa shape index (κ3) is 2.84. The largest absolute Gasteiger partial charge is 0.183 e. The lowest BCUT2D eigenvalue weighted by Crippen LogP contribution is -1.82. The van der Waals surface area contributed by atoms with E-state index >= 15 is 0 Å². The van der Waals surface area contributed by atoms with Crippen molar-refractivity contribution in [3.8, 4) is 0 Å². The molecule has 1 aromatic carbocycles. The van der Waals surface area contributed by atoms with Gasteiger partial charge in [-0.05, 0) is 16.8 Å². The lowest BCUT2D eigenvalue weighted by atomic mass is 10.2. The molecule has 3 heteroatoms. The number of rotatable bonds is 3. The van der Waals surface area contributed by atoms with E-state index in [2.05, 4.69) is 5.18 Å². The molecule has 1 rings (SSSR count). The first-order chi connectivity index (χ1) is 5.83. The molecule has 0 N–H and O–H groups in total. The van der Waals surface area contributed by atoms with E-state index in [9.17, 15) is 4.91 Å². The predicted molar refractivity (Wildman–Crippen MR) is 50.9 cm³/mol. The zero-order valence-electron chi connectivity index (χ0n) is 6.35. The first kappa shape index (κ1) is 8.94. The highest BCUT2D eigenvalue weighted by Crippen LogP contribution is 2.05. The first-order valence-electron chi connectivity index (χ1n) is 3.53. The molecule has 1 aromatic rings. The molecule has 62 valence electrons. The minimum absolute atomic E-state index is 0.773. The van der Waals surface area contributed by atoms with Crippen LogP contribution in [0.2, 0.25) is 0 Å². The van der Waals surface area contributed by atoms with Crippen molar-refractivity contribution in [2.45, 2.75) is 5.50 Å². The van der Waals surface area contributed by atoms with Crippen LogP contribution in [-0.4, -0.2) is 5.50 Å². The Morgan fingerprint density at radius 2 is 2.00 bits per heavy atom. The Hall–Kier alpha value is -1.15. The summed E-state index contributed by atoms with van der Waals surface area (Å²) >= 11 is 5.45. The molecule has 0 aliphatic rings. The number of alkyl halides is 1. The molecule has 2 nitrogen and oxygen atoms in total. The maximum absolute atomic E-state index is 9.89. The molecule has 0 saturated carbocycles. The van der Waals surface area contributed by atoms with Gasteiger partial charge in [-0.25, -0.2) is 0 Å². The molecule has 0 saturated heterocycles. The molecule has 0 fully saturated rings. The van der Waals surface area contributed by atoms with E-state index in [0.29, 0.717) is 0 Å². The van der Waals surface area contributed by atoms with Gasteiger partial charge < -0.3 is 0 Å². The van der Waals surface area contributed by atoms with Crippen molar-refractivity contribution in [3.05, 3.63) is 46.9 Å². The van der Waals surface area contributed by atoms with Crippen molar-refractivity contribution >= 4 is 17.7 Å². The fourth-order valence-electron chi connectivity index (χ4n) is 0.790. The van der Waals surface area contributed by atoms with Gasteiger partial charge in [0.1, 0.15) is 0 Å².